The molecule has 0 bridgehead atoms. The van der Waals surface area contributed by atoms with Gasteiger partial charge in [-0.1, -0.05) is 18.2 Å². The lowest BCUT2D eigenvalue weighted by atomic mass is 10.4. The van der Waals surface area contributed by atoms with Crippen molar-refractivity contribution in [2.75, 3.05) is 13.6 Å². The summed E-state index contributed by atoms with van der Waals surface area (Å²) in [4.78, 5) is 12.2. The molecule has 0 radical (unpaired) electrons. The summed E-state index contributed by atoms with van der Waals surface area (Å²) in [5, 5.41) is 0. The van der Waals surface area contributed by atoms with Gasteiger partial charge in [-0.15, -0.1) is 0 Å². The summed E-state index contributed by atoms with van der Waals surface area (Å²) in [7, 11) is -2.16. The second-order valence-corrected chi connectivity index (χ2v) is 5.13. The molecule has 0 aromatic heterocycles. The normalized spacial score (nSPS) is 15.4. The SMILES string of the molecule is CN1CCCC1=O.O=S(=O)(O)c1ccccc1. The summed E-state index contributed by atoms with van der Waals surface area (Å²) >= 11 is 0. The maximum absolute atomic E-state index is 10.5. The van der Waals surface area contributed by atoms with E-state index in [1.165, 1.54) is 12.1 Å². The quantitative estimate of drug-likeness (QED) is 0.766. The average Bonchev–Trinajstić information content (AvgIpc) is 2.64. The Morgan fingerprint density at radius 2 is 1.82 bits per heavy atom. The van der Waals surface area contributed by atoms with Crippen molar-refractivity contribution in [2.45, 2.75) is 17.7 Å². The number of benzene rings is 1. The van der Waals surface area contributed by atoms with E-state index in [-0.39, 0.29) is 4.90 Å². The number of nitrogens with zero attached hydrogens (tertiary/aromatic N) is 1. The van der Waals surface area contributed by atoms with Gasteiger partial charge in [-0.25, -0.2) is 0 Å². The zero-order valence-electron chi connectivity index (χ0n) is 9.54. The first-order valence-corrected chi connectivity index (χ1v) is 6.62. The first-order chi connectivity index (χ1) is 7.91. The lowest BCUT2D eigenvalue weighted by molar-refractivity contribution is -0.126. The van der Waals surface area contributed by atoms with Crippen molar-refractivity contribution in [2.24, 2.45) is 0 Å². The fraction of sp³-hybridized carbons (Fsp3) is 0.364. The van der Waals surface area contributed by atoms with E-state index in [1.54, 1.807) is 23.1 Å². The molecule has 0 saturated carbocycles. The Kier molecular flexibility index (Phi) is 4.65. The van der Waals surface area contributed by atoms with E-state index < -0.39 is 10.1 Å². The van der Waals surface area contributed by atoms with Crippen molar-refractivity contribution >= 4 is 16.0 Å². The smallest absolute Gasteiger partial charge is 0.294 e. The van der Waals surface area contributed by atoms with Crippen LogP contribution in [0.4, 0.5) is 0 Å². The van der Waals surface area contributed by atoms with Crippen molar-refractivity contribution in [1.82, 2.24) is 4.90 Å². The molecule has 0 atom stereocenters. The molecular formula is C11H15NO4S. The number of hydrogen-bond donors (Lipinski definition) is 1. The Bertz CT molecular complexity index is 470. The summed E-state index contributed by atoms with van der Waals surface area (Å²) in [5.74, 6) is 0.292. The lowest BCUT2D eigenvalue weighted by Gasteiger charge is -2.03. The molecule has 1 N–H and O–H groups in total. The highest BCUT2D eigenvalue weighted by Crippen LogP contribution is 2.05. The molecule has 1 heterocycles. The van der Waals surface area contributed by atoms with Crippen molar-refractivity contribution in [3.05, 3.63) is 30.3 Å². The van der Waals surface area contributed by atoms with E-state index in [4.69, 9.17) is 4.55 Å². The van der Waals surface area contributed by atoms with Gasteiger partial charge in [-0.05, 0) is 18.6 Å². The maximum atomic E-state index is 10.5. The van der Waals surface area contributed by atoms with Gasteiger partial charge in [-0.3, -0.25) is 9.35 Å². The predicted molar refractivity (Wildman–Crippen MR) is 63.1 cm³/mol. The van der Waals surface area contributed by atoms with E-state index in [2.05, 4.69) is 0 Å². The molecule has 1 saturated heterocycles. The van der Waals surface area contributed by atoms with Gasteiger partial charge in [0, 0.05) is 20.0 Å². The topological polar surface area (TPSA) is 74.7 Å². The monoisotopic (exact) mass is 257 g/mol. The molecule has 0 unspecified atom stereocenters. The summed E-state index contributed by atoms with van der Waals surface area (Å²) in [6, 6.07) is 7.42. The summed E-state index contributed by atoms with van der Waals surface area (Å²) in [5.41, 5.74) is 0. The number of rotatable bonds is 1. The van der Waals surface area contributed by atoms with Gasteiger partial charge in [0.15, 0.2) is 0 Å². The Balaban J connectivity index is 0.000000181. The molecule has 6 heteroatoms. The van der Waals surface area contributed by atoms with Crippen LogP contribution in [0.15, 0.2) is 35.2 Å². The van der Waals surface area contributed by atoms with Crippen LogP contribution in [-0.4, -0.2) is 37.4 Å². The molecule has 1 fully saturated rings. The fourth-order valence-electron chi connectivity index (χ4n) is 1.38. The predicted octanol–water partition coefficient (Wildman–Crippen LogP) is 1.17. The zero-order chi connectivity index (χ0) is 12.9. The van der Waals surface area contributed by atoms with Crippen LogP contribution in [0.25, 0.3) is 0 Å². The van der Waals surface area contributed by atoms with E-state index in [0.29, 0.717) is 5.91 Å². The maximum Gasteiger partial charge on any atom is 0.294 e. The third-order valence-electron chi connectivity index (χ3n) is 2.35. The van der Waals surface area contributed by atoms with Crippen LogP contribution in [0.2, 0.25) is 0 Å². The van der Waals surface area contributed by atoms with Crippen LogP contribution < -0.4 is 0 Å². The van der Waals surface area contributed by atoms with Gasteiger partial charge in [0.05, 0.1) is 4.90 Å². The second kappa shape index (κ2) is 5.79. The molecule has 0 spiro atoms. The molecule has 1 aromatic carbocycles. The van der Waals surface area contributed by atoms with Crippen LogP contribution in [0.5, 0.6) is 0 Å². The summed E-state index contributed by atoms with van der Waals surface area (Å²) < 4.78 is 29.2. The number of amides is 1. The molecule has 1 amide bonds. The Labute approximate surface area is 101 Å². The van der Waals surface area contributed by atoms with Gasteiger partial charge in [-0.2, -0.15) is 8.42 Å². The summed E-state index contributed by atoms with van der Waals surface area (Å²) in [6.07, 6.45) is 1.81. The molecule has 1 aliphatic heterocycles. The molecule has 94 valence electrons. The van der Waals surface area contributed by atoms with Crippen LogP contribution in [0.3, 0.4) is 0 Å². The fourth-order valence-corrected chi connectivity index (χ4v) is 1.88. The van der Waals surface area contributed by atoms with Gasteiger partial charge < -0.3 is 4.90 Å². The Morgan fingerprint density at radius 3 is 2.06 bits per heavy atom. The van der Waals surface area contributed by atoms with Crippen LogP contribution in [0, 0.1) is 0 Å². The molecule has 1 aromatic rings. The number of carbonyl (C=O) groups is 1. The third-order valence-corrected chi connectivity index (χ3v) is 3.22. The van der Waals surface area contributed by atoms with Gasteiger partial charge in [0.2, 0.25) is 5.91 Å². The second-order valence-electron chi connectivity index (χ2n) is 3.71. The third kappa shape index (κ3) is 4.54. The van der Waals surface area contributed by atoms with Crippen molar-refractivity contribution in [1.29, 1.82) is 0 Å². The molecular weight excluding hydrogens is 242 g/mol. The highest BCUT2D eigenvalue weighted by atomic mass is 32.2. The molecule has 2 rings (SSSR count). The summed E-state index contributed by atoms with van der Waals surface area (Å²) in [6.45, 7) is 0.957. The van der Waals surface area contributed by atoms with Crippen LogP contribution >= 0.6 is 0 Å². The molecule has 17 heavy (non-hydrogen) atoms. The minimum absolute atomic E-state index is 0.0741. The number of likely N-dealkylation sites (tertiary alicyclic amines) is 1. The van der Waals surface area contributed by atoms with Gasteiger partial charge in [0.1, 0.15) is 0 Å². The van der Waals surface area contributed by atoms with E-state index in [0.717, 1.165) is 19.4 Å². The Morgan fingerprint density at radius 1 is 1.24 bits per heavy atom. The van der Waals surface area contributed by atoms with Gasteiger partial charge in [0.25, 0.3) is 10.1 Å². The standard InChI is InChI=1S/C6H6O3S.C5H9NO/c7-10(8,9)6-4-2-1-3-5-6;1-6-4-2-3-5(6)7/h1-5H,(H,7,8,9);2-4H2,1H3. The van der Waals surface area contributed by atoms with Crippen molar-refractivity contribution in [3.63, 3.8) is 0 Å². The number of carbonyl (C=O) groups excluding carboxylic acids is 1. The van der Waals surface area contributed by atoms with Crippen LogP contribution in [-0.2, 0) is 14.9 Å². The van der Waals surface area contributed by atoms with Gasteiger partial charge >= 0.3 is 0 Å². The average molecular weight is 257 g/mol. The van der Waals surface area contributed by atoms with Crippen molar-refractivity contribution < 1.29 is 17.8 Å². The molecule has 5 nitrogen and oxygen atoms in total. The van der Waals surface area contributed by atoms with E-state index in [1.807, 2.05) is 7.05 Å². The van der Waals surface area contributed by atoms with Crippen molar-refractivity contribution in [3.8, 4) is 0 Å². The first-order valence-electron chi connectivity index (χ1n) is 5.18. The highest BCUT2D eigenvalue weighted by Gasteiger charge is 2.14. The van der Waals surface area contributed by atoms with Crippen LogP contribution in [0.1, 0.15) is 12.8 Å². The minimum atomic E-state index is -4.00. The van der Waals surface area contributed by atoms with E-state index in [9.17, 15) is 13.2 Å². The Hall–Kier alpha value is -1.40. The lowest BCUT2D eigenvalue weighted by Crippen LogP contribution is -2.17. The minimum Gasteiger partial charge on any atom is -0.346 e. The molecule has 0 aliphatic carbocycles. The first kappa shape index (κ1) is 13.7. The number of hydrogen-bond acceptors (Lipinski definition) is 3. The largest absolute Gasteiger partial charge is 0.346 e. The zero-order valence-corrected chi connectivity index (χ0v) is 10.4. The molecule has 1 aliphatic rings. The highest BCUT2D eigenvalue weighted by molar-refractivity contribution is 7.85. The van der Waals surface area contributed by atoms with E-state index >= 15 is 0 Å².